The van der Waals surface area contributed by atoms with Gasteiger partial charge in [-0.25, -0.2) is 0 Å². The molecule has 0 spiro atoms. The molecular weight excluding hydrogens is 304 g/mol. The van der Waals surface area contributed by atoms with Gasteiger partial charge >= 0.3 is 0 Å². The standard InChI is InChI=1S/C13H12BrClS/c14-11(10-4-2-1-3-5-10)6-7-13-12(15)8-9-16-13/h1-5,8-9,11H,6-7H2. The Morgan fingerprint density at radius 1 is 1.19 bits per heavy atom. The molecule has 0 radical (unpaired) electrons. The third-order valence-corrected chi connectivity index (χ3v) is 4.91. The van der Waals surface area contributed by atoms with Crippen molar-refractivity contribution in [2.24, 2.45) is 0 Å². The minimum Gasteiger partial charge on any atom is -0.147 e. The summed E-state index contributed by atoms with van der Waals surface area (Å²) < 4.78 is 0. The second-order valence-corrected chi connectivity index (χ2v) is 6.12. The molecule has 1 aromatic carbocycles. The maximum absolute atomic E-state index is 6.06. The molecule has 0 aliphatic heterocycles. The van der Waals surface area contributed by atoms with Crippen molar-refractivity contribution in [3.63, 3.8) is 0 Å². The lowest BCUT2D eigenvalue weighted by Gasteiger charge is -2.09. The van der Waals surface area contributed by atoms with E-state index in [9.17, 15) is 0 Å². The number of alkyl halides is 1. The van der Waals surface area contributed by atoms with Crippen LogP contribution in [0.1, 0.15) is 21.7 Å². The molecule has 2 rings (SSSR count). The summed E-state index contributed by atoms with van der Waals surface area (Å²) in [5.41, 5.74) is 1.33. The molecule has 0 saturated carbocycles. The van der Waals surface area contributed by atoms with E-state index in [2.05, 4.69) is 40.2 Å². The molecule has 1 aromatic heterocycles. The van der Waals surface area contributed by atoms with Crippen LogP contribution in [0.3, 0.4) is 0 Å². The number of hydrogen-bond donors (Lipinski definition) is 0. The highest BCUT2D eigenvalue weighted by molar-refractivity contribution is 9.09. The molecule has 1 heterocycles. The van der Waals surface area contributed by atoms with E-state index in [1.54, 1.807) is 11.3 Å². The Bertz CT molecular complexity index is 438. The lowest BCUT2D eigenvalue weighted by Crippen LogP contribution is -1.92. The van der Waals surface area contributed by atoms with Gasteiger partial charge in [-0.05, 0) is 29.9 Å². The molecule has 16 heavy (non-hydrogen) atoms. The third-order valence-electron chi connectivity index (χ3n) is 2.48. The first kappa shape index (κ1) is 12.2. The second kappa shape index (κ2) is 5.85. The molecule has 0 aliphatic rings. The quantitative estimate of drug-likeness (QED) is 0.656. The topological polar surface area (TPSA) is 0 Å². The predicted octanol–water partition coefficient (Wildman–Crippen LogP) is 5.47. The summed E-state index contributed by atoms with van der Waals surface area (Å²) in [5.74, 6) is 0. The van der Waals surface area contributed by atoms with Crippen molar-refractivity contribution in [2.75, 3.05) is 0 Å². The van der Waals surface area contributed by atoms with Gasteiger partial charge in [0, 0.05) is 9.70 Å². The summed E-state index contributed by atoms with van der Waals surface area (Å²) in [7, 11) is 0. The predicted molar refractivity (Wildman–Crippen MR) is 75.8 cm³/mol. The maximum Gasteiger partial charge on any atom is 0.0544 e. The third kappa shape index (κ3) is 3.09. The summed E-state index contributed by atoms with van der Waals surface area (Å²) in [6.07, 6.45) is 2.10. The van der Waals surface area contributed by atoms with Gasteiger partial charge in [0.05, 0.1) is 5.02 Å². The van der Waals surface area contributed by atoms with Crippen molar-refractivity contribution in [1.29, 1.82) is 0 Å². The van der Waals surface area contributed by atoms with Crippen molar-refractivity contribution in [3.8, 4) is 0 Å². The molecule has 0 fully saturated rings. The molecule has 2 aromatic rings. The van der Waals surface area contributed by atoms with E-state index >= 15 is 0 Å². The van der Waals surface area contributed by atoms with Crippen LogP contribution in [0, 0.1) is 0 Å². The zero-order valence-corrected chi connectivity index (χ0v) is 11.9. The fraction of sp³-hybridized carbons (Fsp3) is 0.231. The van der Waals surface area contributed by atoms with Crippen LogP contribution in [-0.2, 0) is 6.42 Å². The van der Waals surface area contributed by atoms with Crippen molar-refractivity contribution < 1.29 is 0 Å². The van der Waals surface area contributed by atoms with E-state index in [1.807, 2.05) is 17.5 Å². The number of hydrogen-bond acceptors (Lipinski definition) is 1. The Morgan fingerprint density at radius 3 is 2.56 bits per heavy atom. The molecule has 0 amide bonds. The largest absolute Gasteiger partial charge is 0.147 e. The molecule has 1 unspecified atom stereocenters. The van der Waals surface area contributed by atoms with E-state index in [0.29, 0.717) is 4.83 Å². The first-order valence-electron chi connectivity index (χ1n) is 5.18. The smallest absolute Gasteiger partial charge is 0.0544 e. The van der Waals surface area contributed by atoms with Gasteiger partial charge in [-0.3, -0.25) is 0 Å². The normalized spacial score (nSPS) is 12.6. The minimum absolute atomic E-state index is 0.409. The monoisotopic (exact) mass is 314 g/mol. The van der Waals surface area contributed by atoms with Crippen LogP contribution in [0.4, 0.5) is 0 Å². The van der Waals surface area contributed by atoms with Gasteiger partial charge in [-0.15, -0.1) is 11.3 Å². The summed E-state index contributed by atoms with van der Waals surface area (Å²) in [6.45, 7) is 0. The summed E-state index contributed by atoms with van der Waals surface area (Å²) in [6, 6.07) is 12.4. The Hall–Kier alpha value is -0.310. The fourth-order valence-corrected chi connectivity index (χ4v) is 3.27. The van der Waals surface area contributed by atoms with Crippen LogP contribution >= 0.6 is 38.9 Å². The van der Waals surface area contributed by atoms with E-state index < -0.39 is 0 Å². The number of rotatable bonds is 4. The zero-order chi connectivity index (χ0) is 11.4. The molecule has 0 N–H and O–H groups in total. The summed E-state index contributed by atoms with van der Waals surface area (Å²) >= 11 is 11.5. The Labute approximate surface area is 113 Å². The highest BCUT2D eigenvalue weighted by Crippen LogP contribution is 2.31. The van der Waals surface area contributed by atoms with Crippen LogP contribution < -0.4 is 0 Å². The fourth-order valence-electron chi connectivity index (χ4n) is 1.59. The minimum atomic E-state index is 0.409. The average Bonchev–Trinajstić information content (AvgIpc) is 2.73. The first-order chi connectivity index (χ1) is 7.77. The van der Waals surface area contributed by atoms with Gasteiger partial charge in [0.1, 0.15) is 0 Å². The van der Waals surface area contributed by atoms with Crippen LogP contribution in [-0.4, -0.2) is 0 Å². The molecule has 1 atom stereocenters. The van der Waals surface area contributed by atoms with Gasteiger partial charge in [0.15, 0.2) is 0 Å². The van der Waals surface area contributed by atoms with Crippen LogP contribution in [0.15, 0.2) is 41.8 Å². The maximum atomic E-state index is 6.06. The Morgan fingerprint density at radius 2 is 1.94 bits per heavy atom. The molecule has 0 saturated heterocycles. The van der Waals surface area contributed by atoms with Gasteiger partial charge in [0.25, 0.3) is 0 Å². The van der Waals surface area contributed by atoms with E-state index in [-0.39, 0.29) is 0 Å². The average molecular weight is 316 g/mol. The summed E-state index contributed by atoms with van der Waals surface area (Å²) in [5, 5.41) is 2.95. The second-order valence-electron chi connectivity index (χ2n) is 3.61. The van der Waals surface area contributed by atoms with E-state index in [0.717, 1.165) is 17.9 Å². The van der Waals surface area contributed by atoms with Crippen LogP contribution in [0.5, 0.6) is 0 Å². The Kier molecular flexibility index (Phi) is 4.45. The molecule has 0 aliphatic carbocycles. The molecule has 84 valence electrons. The number of benzene rings is 1. The van der Waals surface area contributed by atoms with Gasteiger partial charge in [0.2, 0.25) is 0 Å². The van der Waals surface area contributed by atoms with Gasteiger partial charge in [-0.2, -0.15) is 0 Å². The van der Waals surface area contributed by atoms with Crippen molar-refractivity contribution in [2.45, 2.75) is 17.7 Å². The lowest BCUT2D eigenvalue weighted by atomic mass is 10.1. The van der Waals surface area contributed by atoms with Crippen molar-refractivity contribution >= 4 is 38.9 Å². The van der Waals surface area contributed by atoms with Crippen LogP contribution in [0.25, 0.3) is 0 Å². The lowest BCUT2D eigenvalue weighted by molar-refractivity contribution is 0.823. The highest BCUT2D eigenvalue weighted by atomic mass is 79.9. The molecule has 3 heteroatoms. The van der Waals surface area contributed by atoms with Crippen molar-refractivity contribution in [1.82, 2.24) is 0 Å². The van der Waals surface area contributed by atoms with E-state index in [1.165, 1.54) is 10.4 Å². The van der Waals surface area contributed by atoms with Crippen molar-refractivity contribution in [3.05, 3.63) is 57.2 Å². The first-order valence-corrected chi connectivity index (χ1v) is 7.35. The Balaban J connectivity index is 1.94. The highest BCUT2D eigenvalue weighted by Gasteiger charge is 2.09. The van der Waals surface area contributed by atoms with Gasteiger partial charge < -0.3 is 0 Å². The summed E-state index contributed by atoms with van der Waals surface area (Å²) in [4.78, 5) is 1.69. The zero-order valence-electron chi connectivity index (χ0n) is 8.70. The number of halogens is 2. The molecule has 0 nitrogen and oxygen atoms in total. The van der Waals surface area contributed by atoms with E-state index in [4.69, 9.17) is 11.6 Å². The number of thiophene rings is 1. The van der Waals surface area contributed by atoms with Gasteiger partial charge in [-0.1, -0.05) is 57.9 Å². The molecule has 0 bridgehead atoms. The molecular formula is C13H12BrClS. The number of aryl methyl sites for hydroxylation is 1. The van der Waals surface area contributed by atoms with Crippen LogP contribution in [0.2, 0.25) is 5.02 Å². The SMILES string of the molecule is Clc1ccsc1CCC(Br)c1ccccc1.